The topological polar surface area (TPSA) is 74.4 Å². The number of hydrogen-bond donors (Lipinski definition) is 1. The lowest BCUT2D eigenvalue weighted by atomic mass is 10.1. The van der Waals surface area contributed by atoms with Gasteiger partial charge in [0.25, 0.3) is 0 Å². The number of halogens is 3. The van der Waals surface area contributed by atoms with Crippen LogP contribution in [0.15, 0.2) is 54.6 Å². The van der Waals surface area contributed by atoms with Gasteiger partial charge in [0.05, 0.1) is 15.2 Å². The van der Waals surface area contributed by atoms with Gasteiger partial charge in [-0.05, 0) is 61.5 Å². The van der Waals surface area contributed by atoms with Gasteiger partial charge in [-0.3, -0.25) is 0 Å². The molecule has 0 bridgehead atoms. The summed E-state index contributed by atoms with van der Waals surface area (Å²) in [7, 11) is 0. The van der Waals surface area contributed by atoms with Gasteiger partial charge in [0, 0.05) is 16.1 Å². The predicted octanol–water partition coefficient (Wildman–Crippen LogP) is 7.01. The van der Waals surface area contributed by atoms with Gasteiger partial charge in [0.1, 0.15) is 28.4 Å². The molecule has 158 valence electrons. The van der Waals surface area contributed by atoms with Crippen molar-refractivity contribution in [3.05, 3.63) is 76.0 Å². The summed E-state index contributed by atoms with van der Waals surface area (Å²) in [6.07, 6.45) is -1.42. The Labute approximate surface area is 191 Å². The zero-order valence-electron chi connectivity index (χ0n) is 16.1. The second-order valence-corrected chi connectivity index (χ2v) is 8.43. The Bertz CT molecular complexity index is 1280. The number of primary amides is 1. The third-order valence-electron chi connectivity index (χ3n) is 4.48. The van der Waals surface area contributed by atoms with Crippen LogP contribution < -0.4 is 15.2 Å². The van der Waals surface area contributed by atoms with Crippen molar-refractivity contribution < 1.29 is 18.7 Å². The van der Waals surface area contributed by atoms with Crippen LogP contribution in [0.3, 0.4) is 0 Å². The summed E-state index contributed by atoms with van der Waals surface area (Å²) in [6, 6.07) is 15.0. The zero-order valence-corrected chi connectivity index (χ0v) is 18.4. The highest BCUT2D eigenvalue weighted by Crippen LogP contribution is 2.37. The summed E-state index contributed by atoms with van der Waals surface area (Å²) in [4.78, 5) is 15.5. The molecule has 3 aromatic carbocycles. The molecule has 5 nitrogen and oxygen atoms in total. The number of benzene rings is 3. The van der Waals surface area contributed by atoms with Gasteiger partial charge in [-0.1, -0.05) is 23.2 Å². The Morgan fingerprint density at radius 3 is 2.52 bits per heavy atom. The van der Waals surface area contributed by atoms with E-state index in [-0.39, 0.29) is 5.02 Å². The van der Waals surface area contributed by atoms with Crippen molar-refractivity contribution in [3.63, 3.8) is 0 Å². The van der Waals surface area contributed by atoms with E-state index in [1.807, 2.05) is 12.1 Å². The van der Waals surface area contributed by atoms with Gasteiger partial charge >= 0.3 is 6.09 Å². The van der Waals surface area contributed by atoms with E-state index in [1.54, 1.807) is 37.3 Å². The molecule has 0 saturated carbocycles. The molecule has 0 saturated heterocycles. The van der Waals surface area contributed by atoms with Crippen molar-refractivity contribution in [2.75, 3.05) is 0 Å². The number of amides is 1. The number of nitrogens with two attached hydrogens (primary N) is 1. The summed E-state index contributed by atoms with van der Waals surface area (Å²) in [5.74, 6) is 0.389. The molecule has 1 amide bonds. The minimum absolute atomic E-state index is 0.0510. The van der Waals surface area contributed by atoms with Crippen LogP contribution in [0.4, 0.5) is 9.18 Å². The van der Waals surface area contributed by atoms with Crippen LogP contribution in [0.5, 0.6) is 11.5 Å². The van der Waals surface area contributed by atoms with Crippen molar-refractivity contribution in [2.45, 2.75) is 13.0 Å². The highest BCUT2D eigenvalue weighted by Gasteiger charge is 2.19. The van der Waals surface area contributed by atoms with Gasteiger partial charge in [-0.2, -0.15) is 0 Å². The number of aromatic nitrogens is 1. The molecule has 2 N–H and O–H groups in total. The summed E-state index contributed by atoms with van der Waals surface area (Å²) >= 11 is 13.8. The molecule has 0 aliphatic rings. The Hall–Kier alpha value is -2.87. The second kappa shape index (κ2) is 8.70. The highest BCUT2D eigenvalue weighted by molar-refractivity contribution is 7.21. The molecule has 4 rings (SSSR count). The fourth-order valence-corrected chi connectivity index (χ4v) is 4.74. The van der Waals surface area contributed by atoms with E-state index in [2.05, 4.69) is 4.98 Å². The zero-order chi connectivity index (χ0) is 22.1. The fourth-order valence-electron chi connectivity index (χ4n) is 3.06. The number of rotatable bonds is 5. The molecule has 1 unspecified atom stereocenters. The number of ether oxygens (including phenoxy) is 2. The molecule has 4 aromatic rings. The molecular formula is C22H15Cl2FN2O3S. The van der Waals surface area contributed by atoms with E-state index in [4.69, 9.17) is 38.4 Å². The number of carbonyl (C=O) groups is 1. The molecular weight excluding hydrogens is 462 g/mol. The standard InChI is InChI=1S/C22H15Cl2FN2O3S/c1-11(19-15(23)7-8-16(25)20(19)24)29-14-6-9-17-18(10-14)31-21(27-17)12-2-4-13(5-3-12)30-22(26)28/h2-11H,1H3,(H2,26,28). The van der Waals surface area contributed by atoms with Gasteiger partial charge in [0.2, 0.25) is 0 Å². The number of thiazole rings is 1. The summed E-state index contributed by atoms with van der Waals surface area (Å²) in [6.45, 7) is 1.75. The summed E-state index contributed by atoms with van der Waals surface area (Å²) in [5.41, 5.74) is 7.09. The minimum Gasteiger partial charge on any atom is -0.486 e. The van der Waals surface area contributed by atoms with Crippen molar-refractivity contribution >= 4 is 50.8 Å². The Morgan fingerprint density at radius 2 is 1.81 bits per heavy atom. The molecule has 9 heteroatoms. The average Bonchev–Trinajstić information content (AvgIpc) is 3.14. The third kappa shape index (κ3) is 4.58. The van der Waals surface area contributed by atoms with Crippen LogP contribution >= 0.6 is 34.5 Å². The quantitative estimate of drug-likeness (QED) is 0.314. The molecule has 1 aromatic heterocycles. The molecule has 1 atom stereocenters. The normalized spacial score (nSPS) is 12.0. The van der Waals surface area contributed by atoms with E-state index in [9.17, 15) is 9.18 Å². The monoisotopic (exact) mass is 476 g/mol. The van der Waals surface area contributed by atoms with Crippen LogP contribution in [0.2, 0.25) is 10.0 Å². The van der Waals surface area contributed by atoms with E-state index >= 15 is 0 Å². The molecule has 0 fully saturated rings. The maximum Gasteiger partial charge on any atom is 0.409 e. The predicted molar refractivity (Wildman–Crippen MR) is 121 cm³/mol. The second-order valence-electron chi connectivity index (χ2n) is 6.61. The average molecular weight is 477 g/mol. The lowest BCUT2D eigenvalue weighted by Gasteiger charge is -2.18. The van der Waals surface area contributed by atoms with Gasteiger partial charge in [0.15, 0.2) is 0 Å². The number of fused-ring (bicyclic) bond motifs is 1. The Kier molecular flexibility index (Phi) is 6.00. The van der Waals surface area contributed by atoms with Crippen LogP contribution in [-0.4, -0.2) is 11.1 Å². The van der Waals surface area contributed by atoms with Crippen LogP contribution in [0, 0.1) is 5.82 Å². The first-order chi connectivity index (χ1) is 14.8. The van der Waals surface area contributed by atoms with E-state index in [0.717, 1.165) is 20.8 Å². The molecule has 1 heterocycles. The maximum atomic E-state index is 13.8. The van der Waals surface area contributed by atoms with Crippen LogP contribution in [0.1, 0.15) is 18.6 Å². The summed E-state index contributed by atoms with van der Waals surface area (Å²) < 4.78 is 25.6. The van der Waals surface area contributed by atoms with Crippen molar-refractivity contribution in [1.82, 2.24) is 4.98 Å². The van der Waals surface area contributed by atoms with E-state index in [1.165, 1.54) is 23.5 Å². The lowest BCUT2D eigenvalue weighted by molar-refractivity contribution is 0.211. The molecule has 0 radical (unpaired) electrons. The first kappa shape index (κ1) is 21.4. The van der Waals surface area contributed by atoms with Crippen LogP contribution in [0.25, 0.3) is 20.8 Å². The molecule has 0 spiro atoms. The van der Waals surface area contributed by atoms with Crippen molar-refractivity contribution in [1.29, 1.82) is 0 Å². The van der Waals surface area contributed by atoms with Gasteiger partial charge in [-0.25, -0.2) is 14.2 Å². The largest absolute Gasteiger partial charge is 0.486 e. The summed E-state index contributed by atoms with van der Waals surface area (Å²) in [5, 5.41) is 1.08. The van der Waals surface area contributed by atoms with Gasteiger partial charge in [-0.15, -0.1) is 11.3 Å². The van der Waals surface area contributed by atoms with Crippen molar-refractivity contribution in [3.8, 4) is 22.1 Å². The Balaban J connectivity index is 1.58. The molecule has 31 heavy (non-hydrogen) atoms. The first-order valence-electron chi connectivity index (χ1n) is 9.10. The minimum atomic E-state index is -0.865. The SMILES string of the molecule is CC(Oc1ccc2nc(-c3ccc(OC(N)=O)cc3)sc2c1)c1c(Cl)ccc(F)c1Cl. The number of nitrogens with zero attached hydrogens (tertiary/aromatic N) is 1. The lowest BCUT2D eigenvalue weighted by Crippen LogP contribution is -2.16. The van der Waals surface area contributed by atoms with Crippen molar-refractivity contribution in [2.24, 2.45) is 5.73 Å². The van der Waals surface area contributed by atoms with E-state index < -0.39 is 18.0 Å². The number of hydrogen-bond acceptors (Lipinski definition) is 5. The van der Waals surface area contributed by atoms with E-state index in [0.29, 0.717) is 22.1 Å². The first-order valence-corrected chi connectivity index (χ1v) is 10.7. The smallest absolute Gasteiger partial charge is 0.409 e. The third-order valence-corrected chi connectivity index (χ3v) is 6.26. The number of carbonyl (C=O) groups excluding carboxylic acids is 1. The van der Waals surface area contributed by atoms with Crippen LogP contribution in [-0.2, 0) is 0 Å². The maximum absolute atomic E-state index is 13.8. The van der Waals surface area contributed by atoms with Gasteiger partial charge < -0.3 is 15.2 Å². The molecule has 0 aliphatic carbocycles. The highest BCUT2D eigenvalue weighted by atomic mass is 35.5. The fraction of sp³-hybridized carbons (Fsp3) is 0.0909. The molecule has 0 aliphatic heterocycles. The Morgan fingerprint density at radius 1 is 1.10 bits per heavy atom.